The van der Waals surface area contributed by atoms with Gasteiger partial charge in [-0.1, -0.05) is 30.3 Å². The molecule has 3 rings (SSSR count). The fraction of sp³-hybridized carbons (Fsp3) is 0.500. The van der Waals surface area contributed by atoms with Gasteiger partial charge in [0.05, 0.1) is 6.10 Å². The second kappa shape index (κ2) is 8.47. The highest BCUT2D eigenvalue weighted by Crippen LogP contribution is 2.20. The number of nitrogens with zero attached hydrogens (tertiary/aromatic N) is 2. The van der Waals surface area contributed by atoms with E-state index in [1.165, 1.54) is 18.5 Å². The number of aliphatic hydroxyl groups is 1. The summed E-state index contributed by atoms with van der Waals surface area (Å²) in [5, 5.41) is 13.9. The first kappa shape index (κ1) is 17.2. The zero-order valence-electron chi connectivity index (χ0n) is 14.6. The molecule has 0 bridgehead atoms. The van der Waals surface area contributed by atoms with E-state index in [0.29, 0.717) is 0 Å². The number of hydrogen-bond acceptors (Lipinski definition) is 3. The Morgan fingerprint density at radius 3 is 2.54 bits per heavy atom. The number of aryl methyl sites for hydroxylation is 1. The van der Waals surface area contributed by atoms with Gasteiger partial charge in [0.2, 0.25) is 0 Å². The predicted molar refractivity (Wildman–Crippen MR) is 97.7 cm³/mol. The van der Waals surface area contributed by atoms with Crippen LogP contribution >= 0.6 is 0 Å². The summed E-state index contributed by atoms with van der Waals surface area (Å²) >= 11 is 0. The van der Waals surface area contributed by atoms with E-state index in [2.05, 4.69) is 40.2 Å². The third-order valence-corrected chi connectivity index (χ3v) is 5.11. The number of nitrogens with one attached hydrogen (secondary N) is 1. The first-order chi connectivity index (χ1) is 11.7. The Morgan fingerprint density at radius 1 is 1.12 bits per heavy atom. The van der Waals surface area contributed by atoms with Crippen LogP contribution in [-0.4, -0.2) is 40.8 Å². The summed E-state index contributed by atoms with van der Waals surface area (Å²) in [6.45, 7) is 4.94. The molecule has 2 heterocycles. The van der Waals surface area contributed by atoms with Gasteiger partial charge in [0.1, 0.15) is 0 Å². The maximum atomic E-state index is 10.4. The molecule has 1 aromatic heterocycles. The van der Waals surface area contributed by atoms with Crippen LogP contribution in [0, 0.1) is 5.92 Å². The summed E-state index contributed by atoms with van der Waals surface area (Å²) in [7, 11) is 2.09. The number of aliphatic hydroxyl groups excluding tert-OH is 1. The zero-order chi connectivity index (χ0) is 16.8. The molecular formula is C20H29N3O. The number of hydrogen-bond donors (Lipinski definition) is 2. The van der Waals surface area contributed by atoms with E-state index in [9.17, 15) is 5.11 Å². The van der Waals surface area contributed by atoms with E-state index in [-0.39, 0.29) is 6.10 Å². The Kier molecular flexibility index (Phi) is 6.07. The average Bonchev–Trinajstić information content (AvgIpc) is 3.02. The Balaban J connectivity index is 1.36. The minimum absolute atomic E-state index is 0.377. The topological polar surface area (TPSA) is 40.4 Å². The van der Waals surface area contributed by atoms with Gasteiger partial charge in [0.15, 0.2) is 0 Å². The molecule has 4 nitrogen and oxygen atoms in total. The van der Waals surface area contributed by atoms with Crippen molar-refractivity contribution >= 4 is 0 Å². The van der Waals surface area contributed by atoms with E-state index in [1.807, 2.05) is 30.3 Å². The van der Waals surface area contributed by atoms with Crippen LogP contribution < -0.4 is 5.32 Å². The molecule has 0 amide bonds. The highest BCUT2D eigenvalue weighted by Gasteiger charge is 2.21. The van der Waals surface area contributed by atoms with Crippen LogP contribution in [0.3, 0.4) is 0 Å². The lowest BCUT2D eigenvalue weighted by molar-refractivity contribution is 0.0891. The predicted octanol–water partition coefficient (Wildman–Crippen LogP) is 2.56. The lowest BCUT2D eigenvalue weighted by Gasteiger charge is -2.33. The Bertz CT molecular complexity index is 602. The smallest absolute Gasteiger partial charge is 0.0916 e. The van der Waals surface area contributed by atoms with Crippen LogP contribution in [0.5, 0.6) is 0 Å². The third-order valence-electron chi connectivity index (χ3n) is 5.11. The second-order valence-corrected chi connectivity index (χ2v) is 6.91. The highest BCUT2D eigenvalue weighted by molar-refractivity contribution is 5.17. The van der Waals surface area contributed by atoms with Crippen LogP contribution in [0.15, 0.2) is 48.7 Å². The number of β-amino-alcohol motifs (C(OH)–C–C–N with tert-alkyl or cyclic N) is 1. The first-order valence-electron chi connectivity index (χ1n) is 8.98. The Hall–Kier alpha value is -1.62. The van der Waals surface area contributed by atoms with E-state index in [0.717, 1.165) is 44.2 Å². The molecule has 2 N–H and O–H groups in total. The monoisotopic (exact) mass is 327 g/mol. The molecule has 0 spiro atoms. The van der Waals surface area contributed by atoms with Gasteiger partial charge in [-0.2, -0.15) is 0 Å². The van der Waals surface area contributed by atoms with Gasteiger partial charge in [-0.3, -0.25) is 0 Å². The Morgan fingerprint density at radius 2 is 1.88 bits per heavy atom. The molecule has 24 heavy (non-hydrogen) atoms. The summed E-state index contributed by atoms with van der Waals surface area (Å²) in [4.78, 5) is 2.39. The van der Waals surface area contributed by atoms with Gasteiger partial charge >= 0.3 is 0 Å². The SMILES string of the molecule is Cn1cccc1CNCC1CCN(CC(O)c2ccccc2)CC1. The van der Waals surface area contributed by atoms with Gasteiger partial charge in [-0.05, 0) is 56.1 Å². The van der Waals surface area contributed by atoms with E-state index >= 15 is 0 Å². The third kappa shape index (κ3) is 4.69. The molecule has 1 unspecified atom stereocenters. The number of rotatable bonds is 7. The largest absolute Gasteiger partial charge is 0.387 e. The highest BCUT2D eigenvalue weighted by atomic mass is 16.3. The Labute approximate surface area is 145 Å². The van der Waals surface area contributed by atoms with Gasteiger partial charge < -0.3 is 19.9 Å². The maximum absolute atomic E-state index is 10.4. The van der Waals surface area contributed by atoms with Crippen molar-refractivity contribution in [1.82, 2.24) is 14.8 Å². The summed E-state index contributed by atoms with van der Waals surface area (Å²) in [6, 6.07) is 14.2. The molecule has 1 atom stereocenters. The van der Waals surface area contributed by atoms with Crippen LogP contribution in [0.25, 0.3) is 0 Å². The number of aromatic nitrogens is 1. The first-order valence-corrected chi connectivity index (χ1v) is 8.98. The van der Waals surface area contributed by atoms with Crippen molar-refractivity contribution in [1.29, 1.82) is 0 Å². The maximum Gasteiger partial charge on any atom is 0.0916 e. The quantitative estimate of drug-likeness (QED) is 0.821. The van der Waals surface area contributed by atoms with E-state index < -0.39 is 0 Å². The second-order valence-electron chi connectivity index (χ2n) is 6.91. The molecule has 0 radical (unpaired) electrons. The molecule has 0 aliphatic carbocycles. The lowest BCUT2D eigenvalue weighted by Crippen LogP contribution is -2.39. The van der Waals surface area contributed by atoms with Gasteiger partial charge in [-0.15, -0.1) is 0 Å². The lowest BCUT2D eigenvalue weighted by atomic mass is 9.96. The summed E-state index contributed by atoms with van der Waals surface area (Å²) < 4.78 is 2.17. The number of piperidine rings is 1. The van der Waals surface area contributed by atoms with Crippen molar-refractivity contribution in [3.8, 4) is 0 Å². The summed E-state index contributed by atoms with van der Waals surface area (Å²) in [5.41, 5.74) is 2.35. The average molecular weight is 327 g/mol. The number of likely N-dealkylation sites (tertiary alicyclic amines) is 1. The van der Waals surface area contributed by atoms with Crippen LogP contribution in [0.2, 0.25) is 0 Å². The van der Waals surface area contributed by atoms with E-state index in [1.54, 1.807) is 0 Å². The minimum atomic E-state index is -0.377. The fourth-order valence-electron chi connectivity index (χ4n) is 3.48. The van der Waals surface area contributed by atoms with Crippen molar-refractivity contribution in [2.45, 2.75) is 25.5 Å². The normalized spacial score (nSPS) is 17.9. The molecule has 1 aliphatic heterocycles. The molecule has 1 aliphatic rings. The van der Waals surface area contributed by atoms with Crippen molar-refractivity contribution < 1.29 is 5.11 Å². The zero-order valence-corrected chi connectivity index (χ0v) is 14.6. The van der Waals surface area contributed by atoms with Gasteiger partial charge in [0.25, 0.3) is 0 Å². The van der Waals surface area contributed by atoms with Gasteiger partial charge in [0, 0.05) is 32.0 Å². The van der Waals surface area contributed by atoms with Gasteiger partial charge in [-0.25, -0.2) is 0 Å². The van der Waals surface area contributed by atoms with Crippen molar-refractivity contribution in [2.75, 3.05) is 26.2 Å². The summed E-state index contributed by atoms with van der Waals surface area (Å²) in [5.74, 6) is 0.746. The minimum Gasteiger partial charge on any atom is -0.387 e. The molecule has 130 valence electrons. The molecular weight excluding hydrogens is 298 g/mol. The fourth-order valence-corrected chi connectivity index (χ4v) is 3.48. The molecule has 1 aromatic carbocycles. The van der Waals surface area contributed by atoms with Crippen molar-refractivity contribution in [2.24, 2.45) is 13.0 Å². The van der Waals surface area contributed by atoms with Crippen LogP contribution in [0.4, 0.5) is 0 Å². The van der Waals surface area contributed by atoms with Crippen LogP contribution in [0.1, 0.15) is 30.2 Å². The van der Waals surface area contributed by atoms with Crippen molar-refractivity contribution in [3.05, 3.63) is 59.9 Å². The molecule has 4 heteroatoms. The van der Waals surface area contributed by atoms with E-state index in [4.69, 9.17) is 0 Å². The standard InChI is InChI=1S/C20H29N3O/c1-22-11-5-8-19(22)15-21-14-17-9-12-23(13-10-17)16-20(24)18-6-3-2-4-7-18/h2-8,11,17,20-21,24H,9-10,12-16H2,1H3. The molecule has 2 aromatic rings. The molecule has 1 saturated heterocycles. The molecule has 1 fully saturated rings. The number of benzene rings is 1. The summed E-state index contributed by atoms with van der Waals surface area (Å²) in [6.07, 6.45) is 4.13. The van der Waals surface area contributed by atoms with Crippen LogP contribution in [-0.2, 0) is 13.6 Å². The molecule has 0 saturated carbocycles. The van der Waals surface area contributed by atoms with Crippen molar-refractivity contribution in [3.63, 3.8) is 0 Å².